The van der Waals surface area contributed by atoms with E-state index in [4.69, 9.17) is 23.3 Å². The predicted octanol–water partition coefficient (Wildman–Crippen LogP) is 4.25. The van der Waals surface area contributed by atoms with Crippen LogP contribution in [0.15, 0.2) is 18.2 Å². The van der Waals surface area contributed by atoms with Crippen LogP contribution in [0.2, 0.25) is 0 Å². The minimum atomic E-state index is -3.93. The number of carbonyl (C=O) groups excluding carboxylic acids is 1. The summed E-state index contributed by atoms with van der Waals surface area (Å²) in [6.45, 7) is 10.5. The van der Waals surface area contributed by atoms with Crippen molar-refractivity contribution in [3.63, 3.8) is 0 Å². The van der Waals surface area contributed by atoms with Crippen molar-refractivity contribution in [1.29, 1.82) is 0 Å². The fraction of sp³-hybridized carbons (Fsp3) is 0.667. The molecule has 1 heterocycles. The summed E-state index contributed by atoms with van der Waals surface area (Å²) in [7, 11) is -3.93. The number of hydrogen-bond donors (Lipinski definition) is 1. The standard InChI is InChI=1S/C21H33O8P/c1-7-27-30(24,28-8-2)19(20(23)29-21(4,5)6)16(11-14(3)22)15-9-10-17-18(12-15)26-13-25-17/h9-10,12,14,16,19,22H,7-8,11,13H2,1-6H3. The Bertz CT molecular complexity index is 761. The van der Waals surface area contributed by atoms with Gasteiger partial charge in [0.1, 0.15) is 5.60 Å². The highest BCUT2D eigenvalue weighted by Crippen LogP contribution is 2.59. The summed E-state index contributed by atoms with van der Waals surface area (Å²) in [6, 6.07) is 5.22. The van der Waals surface area contributed by atoms with Crippen molar-refractivity contribution in [3.05, 3.63) is 23.8 Å². The van der Waals surface area contributed by atoms with Crippen molar-refractivity contribution in [1.82, 2.24) is 0 Å². The van der Waals surface area contributed by atoms with E-state index in [0.717, 1.165) is 0 Å². The monoisotopic (exact) mass is 444 g/mol. The second kappa shape index (κ2) is 10.1. The highest BCUT2D eigenvalue weighted by molar-refractivity contribution is 7.55. The molecule has 9 heteroatoms. The average molecular weight is 444 g/mol. The molecule has 0 aliphatic carbocycles. The molecule has 0 spiro atoms. The van der Waals surface area contributed by atoms with Gasteiger partial charge in [-0.05, 0) is 65.7 Å². The molecule has 1 N–H and O–H groups in total. The lowest BCUT2D eigenvalue weighted by molar-refractivity contribution is -0.155. The van der Waals surface area contributed by atoms with Gasteiger partial charge < -0.3 is 28.4 Å². The maximum Gasteiger partial charge on any atom is 0.345 e. The van der Waals surface area contributed by atoms with Gasteiger partial charge in [-0.25, -0.2) is 0 Å². The molecule has 0 fully saturated rings. The zero-order valence-corrected chi connectivity index (χ0v) is 19.4. The van der Waals surface area contributed by atoms with Gasteiger partial charge in [-0.1, -0.05) is 6.07 Å². The van der Waals surface area contributed by atoms with Gasteiger partial charge in [0.25, 0.3) is 0 Å². The van der Waals surface area contributed by atoms with Gasteiger partial charge in [0.05, 0.1) is 19.3 Å². The van der Waals surface area contributed by atoms with Crippen LogP contribution in [0.3, 0.4) is 0 Å². The smallest absolute Gasteiger partial charge is 0.345 e. The number of aliphatic hydroxyl groups excluding tert-OH is 1. The van der Waals surface area contributed by atoms with Gasteiger partial charge in [-0.3, -0.25) is 9.36 Å². The summed E-state index contributed by atoms with van der Waals surface area (Å²) in [4.78, 5) is 13.3. The van der Waals surface area contributed by atoms with E-state index >= 15 is 0 Å². The Morgan fingerprint density at radius 2 is 1.77 bits per heavy atom. The van der Waals surface area contributed by atoms with Gasteiger partial charge in [-0.2, -0.15) is 0 Å². The van der Waals surface area contributed by atoms with Crippen molar-refractivity contribution in [2.24, 2.45) is 0 Å². The topological polar surface area (TPSA) is 101 Å². The molecule has 0 radical (unpaired) electrons. The second-order valence-electron chi connectivity index (χ2n) is 8.16. The van der Waals surface area contributed by atoms with E-state index in [-0.39, 0.29) is 26.4 Å². The molecule has 1 aromatic rings. The fourth-order valence-corrected chi connectivity index (χ4v) is 5.55. The zero-order chi connectivity index (χ0) is 22.5. The molecule has 0 bridgehead atoms. The minimum Gasteiger partial charge on any atom is -0.459 e. The Balaban J connectivity index is 2.59. The van der Waals surface area contributed by atoms with E-state index in [2.05, 4.69) is 0 Å². The zero-order valence-electron chi connectivity index (χ0n) is 18.5. The highest BCUT2D eigenvalue weighted by atomic mass is 31.2. The van der Waals surface area contributed by atoms with Crippen molar-refractivity contribution < 1.29 is 37.7 Å². The van der Waals surface area contributed by atoms with Gasteiger partial charge in [0, 0.05) is 5.92 Å². The van der Waals surface area contributed by atoms with Crippen LogP contribution in [-0.4, -0.2) is 48.4 Å². The molecule has 1 aliphatic rings. The predicted molar refractivity (Wildman–Crippen MR) is 112 cm³/mol. The van der Waals surface area contributed by atoms with Crippen molar-refractivity contribution in [2.75, 3.05) is 20.0 Å². The van der Waals surface area contributed by atoms with E-state index in [1.54, 1.807) is 59.7 Å². The highest BCUT2D eigenvalue weighted by Gasteiger charge is 2.49. The van der Waals surface area contributed by atoms with E-state index in [9.17, 15) is 14.5 Å². The second-order valence-corrected chi connectivity index (χ2v) is 10.3. The Hall–Kier alpha value is -1.60. The lowest BCUT2D eigenvalue weighted by atomic mass is 9.89. The summed E-state index contributed by atoms with van der Waals surface area (Å²) >= 11 is 0. The molecule has 30 heavy (non-hydrogen) atoms. The molecule has 1 aromatic carbocycles. The van der Waals surface area contributed by atoms with E-state index in [1.165, 1.54) is 0 Å². The minimum absolute atomic E-state index is 0.0963. The third-order valence-corrected chi connectivity index (χ3v) is 6.90. The van der Waals surface area contributed by atoms with E-state index in [0.29, 0.717) is 17.1 Å². The van der Waals surface area contributed by atoms with Crippen LogP contribution >= 0.6 is 7.60 Å². The van der Waals surface area contributed by atoms with Gasteiger partial charge in [0.2, 0.25) is 6.79 Å². The van der Waals surface area contributed by atoms with Crippen molar-refractivity contribution in [3.8, 4) is 11.5 Å². The van der Waals surface area contributed by atoms with Crippen molar-refractivity contribution in [2.45, 2.75) is 71.2 Å². The van der Waals surface area contributed by atoms with E-state index < -0.39 is 36.8 Å². The lowest BCUT2D eigenvalue weighted by Crippen LogP contribution is -2.37. The first-order valence-electron chi connectivity index (χ1n) is 10.2. The average Bonchev–Trinajstić information content (AvgIpc) is 3.07. The number of aliphatic hydroxyl groups is 1. The third kappa shape index (κ3) is 6.20. The number of benzene rings is 1. The first kappa shape index (κ1) is 24.7. The first-order valence-corrected chi connectivity index (χ1v) is 11.8. The van der Waals surface area contributed by atoms with E-state index in [1.807, 2.05) is 0 Å². The summed E-state index contributed by atoms with van der Waals surface area (Å²) in [6.07, 6.45) is -0.629. The van der Waals surface area contributed by atoms with Gasteiger partial charge in [-0.15, -0.1) is 0 Å². The molecular formula is C21H33O8P. The largest absolute Gasteiger partial charge is 0.459 e. The van der Waals surface area contributed by atoms with Crippen LogP contribution in [0.4, 0.5) is 0 Å². The Morgan fingerprint density at radius 3 is 2.30 bits per heavy atom. The molecule has 170 valence electrons. The molecule has 1 aliphatic heterocycles. The summed E-state index contributed by atoms with van der Waals surface area (Å²) < 4.78 is 41.3. The molecule has 3 atom stereocenters. The number of fused-ring (bicyclic) bond motifs is 1. The summed E-state index contributed by atoms with van der Waals surface area (Å²) in [5.41, 5.74) is -1.41. The van der Waals surface area contributed by atoms with Gasteiger partial charge >= 0.3 is 13.6 Å². The molecule has 3 unspecified atom stereocenters. The number of carbonyl (C=O) groups is 1. The van der Waals surface area contributed by atoms with Crippen LogP contribution < -0.4 is 9.47 Å². The molecule has 2 rings (SSSR count). The molecule has 8 nitrogen and oxygen atoms in total. The fourth-order valence-electron chi connectivity index (χ4n) is 3.39. The van der Waals surface area contributed by atoms with Crippen LogP contribution in [-0.2, 0) is 23.1 Å². The number of ether oxygens (including phenoxy) is 3. The Labute approximate surface area is 178 Å². The Morgan fingerprint density at radius 1 is 1.17 bits per heavy atom. The van der Waals surface area contributed by atoms with Crippen LogP contribution in [0.5, 0.6) is 11.5 Å². The Kier molecular flexibility index (Phi) is 8.34. The SMILES string of the molecule is CCOP(=O)(OCC)C(C(=O)OC(C)(C)C)C(CC(C)O)c1ccc2c(c1)OCO2. The quantitative estimate of drug-likeness (QED) is 0.422. The lowest BCUT2D eigenvalue weighted by Gasteiger charge is -2.34. The molecule has 0 aromatic heterocycles. The summed E-state index contributed by atoms with van der Waals surface area (Å²) in [5.74, 6) is -0.288. The molecular weight excluding hydrogens is 411 g/mol. The normalized spacial score (nSPS) is 16.8. The maximum atomic E-state index is 13.8. The first-order chi connectivity index (χ1) is 14.0. The summed E-state index contributed by atoms with van der Waals surface area (Å²) in [5, 5.41) is 10.2. The number of esters is 1. The van der Waals surface area contributed by atoms with Gasteiger partial charge in [0.15, 0.2) is 17.2 Å². The molecule has 0 saturated carbocycles. The number of rotatable bonds is 10. The van der Waals surface area contributed by atoms with Crippen LogP contribution in [0, 0.1) is 0 Å². The molecule has 0 amide bonds. The molecule has 0 saturated heterocycles. The van der Waals surface area contributed by atoms with Crippen molar-refractivity contribution >= 4 is 13.6 Å². The maximum absolute atomic E-state index is 13.8. The van der Waals surface area contributed by atoms with Crippen LogP contribution in [0.1, 0.15) is 59.4 Å². The number of hydrogen-bond acceptors (Lipinski definition) is 8. The van der Waals surface area contributed by atoms with Crippen LogP contribution in [0.25, 0.3) is 0 Å². The third-order valence-electron chi connectivity index (χ3n) is 4.41.